The molecule has 0 spiro atoms. The number of anilines is 1. The van der Waals surface area contributed by atoms with Gasteiger partial charge in [0, 0.05) is 25.4 Å². The molecule has 5 nitrogen and oxygen atoms in total. The van der Waals surface area contributed by atoms with Crippen LogP contribution in [0.5, 0.6) is 0 Å². The van der Waals surface area contributed by atoms with Gasteiger partial charge in [-0.15, -0.1) is 0 Å². The van der Waals surface area contributed by atoms with Crippen LogP contribution in [-0.4, -0.2) is 33.2 Å². The van der Waals surface area contributed by atoms with E-state index in [0.29, 0.717) is 13.1 Å². The Morgan fingerprint density at radius 3 is 2.39 bits per heavy atom. The third-order valence-corrected chi connectivity index (χ3v) is 4.03. The number of hydrogen-bond donors (Lipinski definition) is 3. The van der Waals surface area contributed by atoms with Crippen LogP contribution in [0.15, 0.2) is 29.2 Å². The Kier molecular flexibility index (Phi) is 5.58. The lowest BCUT2D eigenvalue weighted by molar-refractivity contribution is 0.244. The predicted molar refractivity (Wildman–Crippen MR) is 72.0 cm³/mol. The van der Waals surface area contributed by atoms with E-state index in [1.165, 1.54) is 0 Å². The first-order valence-corrected chi connectivity index (χ1v) is 7.42. The molecule has 1 rings (SSSR count). The van der Waals surface area contributed by atoms with Crippen LogP contribution in [0.25, 0.3) is 0 Å². The summed E-state index contributed by atoms with van der Waals surface area (Å²) in [6.45, 7) is 4.81. The van der Waals surface area contributed by atoms with Crippen molar-refractivity contribution in [1.82, 2.24) is 4.72 Å². The minimum Gasteiger partial charge on any atom is -0.396 e. The molecule has 0 saturated carbocycles. The van der Waals surface area contributed by atoms with Crippen molar-refractivity contribution in [3.8, 4) is 0 Å². The SMILES string of the molecule is CCNS(=O)(=O)c1ccc(NCC(C)CO)cc1. The normalized spacial score (nSPS) is 13.3. The molecular weight excluding hydrogens is 252 g/mol. The summed E-state index contributed by atoms with van der Waals surface area (Å²) in [5.74, 6) is 0.162. The van der Waals surface area contributed by atoms with E-state index in [9.17, 15) is 8.42 Å². The topological polar surface area (TPSA) is 78.4 Å². The number of rotatable bonds is 7. The molecule has 0 radical (unpaired) electrons. The van der Waals surface area contributed by atoms with Crippen LogP contribution in [-0.2, 0) is 10.0 Å². The summed E-state index contributed by atoms with van der Waals surface area (Å²) >= 11 is 0. The van der Waals surface area contributed by atoms with Crippen LogP contribution in [0, 0.1) is 5.92 Å². The number of aliphatic hydroxyl groups is 1. The highest BCUT2D eigenvalue weighted by Crippen LogP contribution is 2.14. The van der Waals surface area contributed by atoms with Gasteiger partial charge in [0.15, 0.2) is 0 Å². The van der Waals surface area contributed by atoms with Crippen molar-refractivity contribution in [3.05, 3.63) is 24.3 Å². The molecule has 0 aromatic heterocycles. The molecule has 0 aliphatic heterocycles. The molecule has 0 aliphatic rings. The smallest absolute Gasteiger partial charge is 0.240 e. The van der Waals surface area contributed by atoms with Crippen LogP contribution in [0.2, 0.25) is 0 Å². The van der Waals surface area contributed by atoms with Gasteiger partial charge in [0.2, 0.25) is 10.0 Å². The molecule has 0 heterocycles. The minimum absolute atomic E-state index is 0.125. The maximum absolute atomic E-state index is 11.7. The van der Waals surface area contributed by atoms with Crippen molar-refractivity contribution in [3.63, 3.8) is 0 Å². The van der Waals surface area contributed by atoms with E-state index in [0.717, 1.165) is 5.69 Å². The van der Waals surface area contributed by atoms with Crippen molar-refractivity contribution in [2.75, 3.05) is 25.0 Å². The van der Waals surface area contributed by atoms with Crippen LogP contribution in [0.4, 0.5) is 5.69 Å². The highest BCUT2D eigenvalue weighted by molar-refractivity contribution is 7.89. The molecule has 102 valence electrons. The van der Waals surface area contributed by atoms with Crippen LogP contribution < -0.4 is 10.0 Å². The van der Waals surface area contributed by atoms with E-state index < -0.39 is 10.0 Å². The Morgan fingerprint density at radius 2 is 1.89 bits per heavy atom. The third kappa shape index (κ3) is 4.29. The summed E-state index contributed by atoms with van der Waals surface area (Å²) in [7, 11) is -3.38. The van der Waals surface area contributed by atoms with Gasteiger partial charge in [0.25, 0.3) is 0 Å². The highest BCUT2D eigenvalue weighted by atomic mass is 32.2. The Bertz CT molecular complexity index is 457. The quantitative estimate of drug-likeness (QED) is 0.692. The van der Waals surface area contributed by atoms with Gasteiger partial charge in [0.1, 0.15) is 0 Å². The van der Waals surface area contributed by atoms with Gasteiger partial charge in [-0.25, -0.2) is 13.1 Å². The second kappa shape index (κ2) is 6.72. The third-order valence-electron chi connectivity index (χ3n) is 2.47. The summed E-state index contributed by atoms with van der Waals surface area (Å²) in [6.07, 6.45) is 0. The first-order chi connectivity index (χ1) is 8.49. The fourth-order valence-electron chi connectivity index (χ4n) is 1.38. The van der Waals surface area contributed by atoms with Crippen LogP contribution in [0.3, 0.4) is 0 Å². The molecule has 0 amide bonds. The molecule has 1 atom stereocenters. The van der Waals surface area contributed by atoms with Gasteiger partial charge in [-0.05, 0) is 30.2 Å². The Hall–Kier alpha value is -1.11. The second-order valence-electron chi connectivity index (χ2n) is 4.19. The summed E-state index contributed by atoms with van der Waals surface area (Å²) in [6, 6.07) is 6.55. The van der Waals surface area contributed by atoms with Crippen molar-refractivity contribution >= 4 is 15.7 Å². The van der Waals surface area contributed by atoms with E-state index in [-0.39, 0.29) is 17.4 Å². The maximum atomic E-state index is 11.7. The molecule has 0 bridgehead atoms. The summed E-state index contributed by atoms with van der Waals surface area (Å²) in [5.41, 5.74) is 0.839. The largest absolute Gasteiger partial charge is 0.396 e. The number of benzene rings is 1. The molecule has 1 aromatic carbocycles. The molecule has 3 N–H and O–H groups in total. The first kappa shape index (κ1) is 14.9. The zero-order valence-corrected chi connectivity index (χ0v) is 11.5. The van der Waals surface area contributed by atoms with E-state index in [1.807, 2.05) is 6.92 Å². The Labute approximate surface area is 108 Å². The van der Waals surface area contributed by atoms with Gasteiger partial charge in [-0.3, -0.25) is 0 Å². The van der Waals surface area contributed by atoms with E-state index in [4.69, 9.17) is 5.11 Å². The number of sulfonamides is 1. The summed E-state index contributed by atoms with van der Waals surface area (Å²) in [5, 5.41) is 12.0. The average molecular weight is 272 g/mol. The zero-order valence-electron chi connectivity index (χ0n) is 10.7. The van der Waals surface area contributed by atoms with Gasteiger partial charge < -0.3 is 10.4 Å². The van der Waals surface area contributed by atoms with Crippen molar-refractivity contribution < 1.29 is 13.5 Å². The number of hydrogen-bond acceptors (Lipinski definition) is 4. The molecule has 1 unspecified atom stereocenters. The van der Waals surface area contributed by atoms with Gasteiger partial charge in [0.05, 0.1) is 4.90 Å². The average Bonchev–Trinajstić information content (AvgIpc) is 2.36. The lowest BCUT2D eigenvalue weighted by Gasteiger charge is -2.11. The molecule has 6 heteroatoms. The number of nitrogens with one attached hydrogen (secondary N) is 2. The predicted octanol–water partition coefficient (Wildman–Crippen LogP) is 1.03. The lowest BCUT2D eigenvalue weighted by Crippen LogP contribution is -2.23. The summed E-state index contributed by atoms with van der Waals surface area (Å²) < 4.78 is 25.8. The van der Waals surface area contributed by atoms with E-state index >= 15 is 0 Å². The second-order valence-corrected chi connectivity index (χ2v) is 5.96. The van der Waals surface area contributed by atoms with Crippen molar-refractivity contribution in [2.45, 2.75) is 18.7 Å². The molecule has 0 fully saturated rings. The monoisotopic (exact) mass is 272 g/mol. The molecule has 18 heavy (non-hydrogen) atoms. The Morgan fingerprint density at radius 1 is 1.28 bits per heavy atom. The fraction of sp³-hybridized carbons (Fsp3) is 0.500. The van der Waals surface area contributed by atoms with Crippen LogP contribution in [0.1, 0.15) is 13.8 Å². The van der Waals surface area contributed by atoms with Crippen molar-refractivity contribution in [2.24, 2.45) is 5.92 Å². The van der Waals surface area contributed by atoms with E-state index in [2.05, 4.69) is 10.0 Å². The Balaban J connectivity index is 2.68. The van der Waals surface area contributed by atoms with Gasteiger partial charge in [-0.1, -0.05) is 13.8 Å². The summed E-state index contributed by atoms with van der Waals surface area (Å²) in [4.78, 5) is 0.255. The fourth-order valence-corrected chi connectivity index (χ4v) is 2.42. The maximum Gasteiger partial charge on any atom is 0.240 e. The zero-order chi connectivity index (χ0) is 13.6. The number of aliphatic hydroxyl groups excluding tert-OH is 1. The molecule has 1 aromatic rings. The van der Waals surface area contributed by atoms with Gasteiger partial charge >= 0.3 is 0 Å². The van der Waals surface area contributed by atoms with Gasteiger partial charge in [-0.2, -0.15) is 0 Å². The van der Waals surface area contributed by atoms with Crippen molar-refractivity contribution in [1.29, 1.82) is 0 Å². The molecular formula is C12H20N2O3S. The lowest BCUT2D eigenvalue weighted by atomic mass is 10.2. The molecule has 0 aliphatic carbocycles. The van der Waals surface area contributed by atoms with E-state index in [1.54, 1.807) is 31.2 Å². The first-order valence-electron chi connectivity index (χ1n) is 5.94. The van der Waals surface area contributed by atoms with Crippen LogP contribution >= 0.6 is 0 Å². The highest BCUT2D eigenvalue weighted by Gasteiger charge is 2.11. The standard InChI is InChI=1S/C12H20N2O3S/c1-3-14-18(16,17)12-6-4-11(5-7-12)13-8-10(2)9-15/h4-7,10,13-15H,3,8-9H2,1-2H3. The molecule has 0 saturated heterocycles. The minimum atomic E-state index is -3.38.